The number of amides is 1. The van der Waals surface area contributed by atoms with Gasteiger partial charge >= 0.3 is 5.97 Å². The van der Waals surface area contributed by atoms with E-state index in [1.54, 1.807) is 0 Å². The average Bonchev–Trinajstić information content (AvgIpc) is 2.69. The van der Waals surface area contributed by atoms with Gasteiger partial charge in [0, 0.05) is 78.3 Å². The summed E-state index contributed by atoms with van der Waals surface area (Å²) in [6.45, 7) is 10.1. The summed E-state index contributed by atoms with van der Waals surface area (Å²) in [5.41, 5.74) is 5.67. The Morgan fingerprint density at radius 2 is 1.71 bits per heavy atom. The molecule has 0 aromatic heterocycles. The fourth-order valence-corrected chi connectivity index (χ4v) is 4.34. The molecule has 2 saturated heterocycles. The zero-order valence-electron chi connectivity index (χ0n) is 19.1. The maximum absolute atomic E-state index is 12.7. The van der Waals surface area contributed by atoms with Gasteiger partial charge in [0.25, 0.3) is 0 Å². The molecular formula is C20H42N8O3. The Labute approximate surface area is 185 Å². The Bertz CT molecular complexity index is 581. The van der Waals surface area contributed by atoms with Crippen LogP contribution in [0.4, 0.5) is 0 Å². The van der Waals surface area contributed by atoms with Crippen LogP contribution in [0.5, 0.6) is 0 Å². The van der Waals surface area contributed by atoms with E-state index in [4.69, 9.17) is 10.8 Å². The third-order valence-electron chi connectivity index (χ3n) is 6.01. The second-order valence-corrected chi connectivity index (χ2v) is 8.76. The molecule has 0 spiro atoms. The summed E-state index contributed by atoms with van der Waals surface area (Å²) in [6, 6.07) is 0. The number of aliphatic carboxylic acids is 1. The van der Waals surface area contributed by atoms with E-state index in [2.05, 4.69) is 43.3 Å². The third-order valence-corrected chi connectivity index (χ3v) is 6.01. The topological polar surface area (TPSA) is 147 Å². The van der Waals surface area contributed by atoms with Crippen LogP contribution in [0.2, 0.25) is 0 Å². The van der Waals surface area contributed by atoms with E-state index in [1.807, 2.05) is 7.05 Å². The van der Waals surface area contributed by atoms with Gasteiger partial charge < -0.3 is 37.0 Å². The Hall–Kier alpha value is -1.34. The molecule has 0 radical (unpaired) electrons. The van der Waals surface area contributed by atoms with Crippen molar-refractivity contribution in [3.63, 3.8) is 0 Å². The van der Waals surface area contributed by atoms with Crippen LogP contribution in [0, 0.1) is 0 Å². The molecule has 0 aliphatic carbocycles. The van der Waals surface area contributed by atoms with Crippen LogP contribution in [0.25, 0.3) is 0 Å². The van der Waals surface area contributed by atoms with Crippen molar-refractivity contribution in [1.29, 1.82) is 0 Å². The summed E-state index contributed by atoms with van der Waals surface area (Å²) >= 11 is 0. The summed E-state index contributed by atoms with van der Waals surface area (Å²) in [5.74, 6) is -1.02. The van der Waals surface area contributed by atoms with Gasteiger partial charge in [-0.2, -0.15) is 0 Å². The molecule has 180 valence electrons. The molecule has 11 nitrogen and oxygen atoms in total. The second-order valence-electron chi connectivity index (χ2n) is 8.76. The van der Waals surface area contributed by atoms with Crippen molar-refractivity contribution in [3.05, 3.63) is 0 Å². The highest BCUT2D eigenvalue weighted by Crippen LogP contribution is 2.10. The molecule has 0 unspecified atom stereocenters. The fraction of sp³-hybridized carbons (Fsp3) is 0.900. The minimum atomic E-state index is -0.882. The molecule has 2 aliphatic heterocycles. The van der Waals surface area contributed by atoms with Gasteiger partial charge in [0.05, 0.1) is 5.66 Å². The number of hydrogen-bond acceptors (Lipinski definition) is 9. The lowest BCUT2D eigenvalue weighted by Gasteiger charge is -2.45. The molecule has 2 aliphatic rings. The molecule has 0 saturated carbocycles. The Kier molecular flexibility index (Phi) is 10.6. The van der Waals surface area contributed by atoms with Crippen molar-refractivity contribution in [3.8, 4) is 0 Å². The van der Waals surface area contributed by atoms with Gasteiger partial charge in [0.15, 0.2) is 0 Å². The molecule has 2 heterocycles. The van der Waals surface area contributed by atoms with Crippen LogP contribution in [-0.4, -0.2) is 117 Å². The van der Waals surface area contributed by atoms with Crippen LogP contribution >= 0.6 is 0 Å². The van der Waals surface area contributed by atoms with Crippen LogP contribution < -0.4 is 32.3 Å². The average molecular weight is 443 g/mol. The molecular weight excluding hydrogens is 400 g/mol. The van der Waals surface area contributed by atoms with Gasteiger partial charge in [-0.1, -0.05) is 6.92 Å². The van der Waals surface area contributed by atoms with Crippen molar-refractivity contribution in [1.82, 2.24) is 36.4 Å². The van der Waals surface area contributed by atoms with Crippen molar-refractivity contribution in [2.24, 2.45) is 5.73 Å². The number of carboxylic acids is 1. The number of nitrogens with zero attached hydrogens (tertiary/aromatic N) is 2. The maximum Gasteiger partial charge on any atom is 0.303 e. The Morgan fingerprint density at radius 3 is 2.39 bits per heavy atom. The summed E-state index contributed by atoms with van der Waals surface area (Å²) in [6.07, 6.45) is 0.511. The minimum Gasteiger partial charge on any atom is -0.481 e. The van der Waals surface area contributed by atoms with Gasteiger partial charge in [-0.15, -0.1) is 0 Å². The van der Waals surface area contributed by atoms with E-state index in [9.17, 15) is 9.59 Å². The fourth-order valence-electron chi connectivity index (χ4n) is 4.34. The summed E-state index contributed by atoms with van der Waals surface area (Å²) in [4.78, 5) is 28.0. The number of rotatable bonds is 6. The minimum absolute atomic E-state index is 0.00656. The number of carbonyl (C=O) groups is 2. The monoisotopic (exact) mass is 442 g/mol. The van der Waals surface area contributed by atoms with Crippen molar-refractivity contribution in [2.75, 3.05) is 79.0 Å². The lowest BCUT2D eigenvalue weighted by Crippen LogP contribution is -2.72. The third kappa shape index (κ3) is 8.60. The summed E-state index contributed by atoms with van der Waals surface area (Å²) in [5, 5.41) is 26.1. The van der Waals surface area contributed by atoms with Gasteiger partial charge in [0.2, 0.25) is 5.91 Å². The molecule has 2 fully saturated rings. The van der Waals surface area contributed by atoms with E-state index in [-0.39, 0.29) is 18.7 Å². The van der Waals surface area contributed by atoms with E-state index in [0.29, 0.717) is 39.1 Å². The molecule has 0 aromatic rings. The summed E-state index contributed by atoms with van der Waals surface area (Å²) in [7, 11) is 2.04. The predicted octanol–water partition coefficient (Wildman–Crippen LogP) is -2.65. The van der Waals surface area contributed by atoms with Crippen LogP contribution in [0.1, 0.15) is 26.2 Å². The highest BCUT2D eigenvalue weighted by atomic mass is 16.4. The van der Waals surface area contributed by atoms with E-state index in [0.717, 1.165) is 39.3 Å². The zero-order valence-corrected chi connectivity index (χ0v) is 19.1. The largest absolute Gasteiger partial charge is 0.481 e. The smallest absolute Gasteiger partial charge is 0.303 e. The van der Waals surface area contributed by atoms with E-state index < -0.39 is 17.3 Å². The molecule has 31 heavy (non-hydrogen) atoms. The first kappa shape index (κ1) is 25.9. The first-order valence-electron chi connectivity index (χ1n) is 11.4. The lowest BCUT2D eigenvalue weighted by atomic mass is 10.1. The highest BCUT2D eigenvalue weighted by Gasteiger charge is 2.36. The van der Waals surface area contributed by atoms with Gasteiger partial charge in [-0.3, -0.25) is 19.8 Å². The number of hydrogen-bond donors (Lipinski definition) is 7. The highest BCUT2D eigenvalue weighted by molar-refractivity contribution is 5.77. The normalized spacial score (nSPS) is 30.2. The van der Waals surface area contributed by atoms with Crippen molar-refractivity contribution in [2.45, 2.75) is 37.5 Å². The van der Waals surface area contributed by atoms with Crippen LogP contribution in [-0.2, 0) is 9.59 Å². The number of likely N-dealkylation sites (N-methyl/N-ethyl adjacent to an activating group) is 2. The molecule has 2 rings (SSSR count). The molecule has 2 atom stereocenters. The SMILES string of the molecule is CCN1CCN[C@@]2(NC(=O)CCCC(=O)O)CNCCNC[C@]1(N)CNCCN(C)C2. The number of carboxylic acid groups (broad SMARTS) is 1. The van der Waals surface area contributed by atoms with E-state index >= 15 is 0 Å². The summed E-state index contributed by atoms with van der Waals surface area (Å²) < 4.78 is 0. The number of carbonyl (C=O) groups excluding carboxylic acids is 1. The number of nitrogens with two attached hydrogens (primary N) is 1. The quantitative estimate of drug-likeness (QED) is 0.233. The van der Waals surface area contributed by atoms with Gasteiger partial charge in [0.1, 0.15) is 5.66 Å². The number of fused-ring (bicyclic) bond motifs is 5. The molecule has 11 heteroatoms. The number of nitrogens with one attached hydrogen (secondary N) is 5. The molecule has 1 amide bonds. The van der Waals surface area contributed by atoms with Gasteiger partial charge in [-0.05, 0) is 20.0 Å². The first-order valence-corrected chi connectivity index (χ1v) is 11.4. The Balaban J connectivity index is 2.21. The maximum atomic E-state index is 12.7. The second kappa shape index (κ2) is 12.6. The molecule has 8 N–H and O–H groups in total. The predicted molar refractivity (Wildman–Crippen MR) is 121 cm³/mol. The van der Waals surface area contributed by atoms with Crippen molar-refractivity contribution >= 4 is 11.9 Å². The Morgan fingerprint density at radius 1 is 1.03 bits per heavy atom. The lowest BCUT2D eigenvalue weighted by molar-refractivity contribution is -0.137. The first-order chi connectivity index (χ1) is 14.8. The van der Waals surface area contributed by atoms with E-state index in [1.165, 1.54) is 0 Å². The van der Waals surface area contributed by atoms with Crippen LogP contribution in [0.15, 0.2) is 0 Å². The zero-order chi connectivity index (χ0) is 22.7. The van der Waals surface area contributed by atoms with Crippen LogP contribution in [0.3, 0.4) is 0 Å². The van der Waals surface area contributed by atoms with Gasteiger partial charge in [-0.25, -0.2) is 0 Å². The standard InChI is InChI=1S/C20H42N8O3/c1-3-28-12-10-25-20(26-17(29)5-4-6-18(30)31)15-23-8-7-22-13-19(28,21)14-24-9-11-27(2)16-20/h22-25H,3-16,21H2,1-2H3,(H,26,29)(H,30,31)/t19-,20-/m1/s1. The molecule has 2 bridgehead atoms. The van der Waals surface area contributed by atoms with Crippen molar-refractivity contribution < 1.29 is 14.7 Å². The molecule has 0 aromatic carbocycles.